The summed E-state index contributed by atoms with van der Waals surface area (Å²) in [6, 6.07) is 5.99. The molecule has 0 aliphatic carbocycles. The molecule has 0 unspecified atom stereocenters. The van der Waals surface area contributed by atoms with E-state index in [4.69, 9.17) is 0 Å². The Kier molecular flexibility index (Phi) is 5.67. The second-order valence-corrected chi connectivity index (χ2v) is 6.53. The quantitative estimate of drug-likeness (QED) is 0.810. The Balaban J connectivity index is 2.98. The molecule has 0 spiro atoms. The fraction of sp³-hybridized carbons (Fsp3) is 0.556. The highest BCUT2D eigenvalue weighted by Crippen LogP contribution is 2.31. The average molecular weight is 275 g/mol. The van der Waals surface area contributed by atoms with Crippen molar-refractivity contribution in [3.05, 3.63) is 29.8 Å². The molecule has 112 valence electrons. The molecule has 0 amide bonds. The summed E-state index contributed by atoms with van der Waals surface area (Å²) in [6.45, 7) is 14.9. The van der Waals surface area contributed by atoms with Crippen molar-refractivity contribution in [1.29, 1.82) is 0 Å². The summed E-state index contributed by atoms with van der Waals surface area (Å²) in [5, 5.41) is 10.3. The van der Waals surface area contributed by atoms with Gasteiger partial charge in [-0.1, -0.05) is 26.8 Å². The molecule has 1 rings (SSSR count). The summed E-state index contributed by atoms with van der Waals surface area (Å²) in [6.07, 6.45) is 3.22. The zero-order valence-corrected chi connectivity index (χ0v) is 13.8. The smallest absolute Gasteiger partial charge is 0.125 e. The second-order valence-electron chi connectivity index (χ2n) is 6.53. The molecule has 2 heteroatoms. The Morgan fingerprint density at radius 2 is 1.80 bits per heavy atom. The molecule has 0 saturated carbocycles. The molecule has 1 aromatic carbocycles. The number of hydrogen-bond acceptors (Lipinski definition) is 2. The van der Waals surface area contributed by atoms with Gasteiger partial charge in [0.15, 0.2) is 0 Å². The van der Waals surface area contributed by atoms with Gasteiger partial charge < -0.3 is 10.0 Å². The summed E-state index contributed by atoms with van der Waals surface area (Å²) in [7, 11) is 0. The predicted octanol–water partition coefficient (Wildman–Crippen LogP) is 5.08. The normalized spacial score (nSPS) is 12.6. The lowest BCUT2D eigenvalue weighted by Crippen LogP contribution is -2.21. The first-order valence-corrected chi connectivity index (χ1v) is 7.53. The lowest BCUT2D eigenvalue weighted by atomic mass is 9.90. The van der Waals surface area contributed by atoms with E-state index in [1.807, 2.05) is 12.1 Å². The lowest BCUT2D eigenvalue weighted by Gasteiger charge is -2.22. The van der Waals surface area contributed by atoms with Crippen molar-refractivity contribution < 1.29 is 5.11 Å². The van der Waals surface area contributed by atoms with Crippen LogP contribution in [0.25, 0.3) is 5.57 Å². The molecule has 1 aromatic rings. The van der Waals surface area contributed by atoms with Crippen LogP contribution in [0.2, 0.25) is 0 Å². The first kappa shape index (κ1) is 16.6. The third kappa shape index (κ3) is 4.59. The molecule has 2 nitrogen and oxygen atoms in total. The first-order chi connectivity index (χ1) is 9.28. The van der Waals surface area contributed by atoms with Crippen LogP contribution in [0.4, 0.5) is 5.69 Å². The van der Waals surface area contributed by atoms with Crippen LogP contribution in [0.5, 0.6) is 5.75 Å². The Bertz CT molecular complexity index is 465. The molecule has 0 aliphatic rings. The van der Waals surface area contributed by atoms with Crippen LogP contribution in [-0.4, -0.2) is 18.2 Å². The Hall–Kier alpha value is -1.44. The zero-order valence-electron chi connectivity index (χ0n) is 13.8. The molecule has 0 saturated heterocycles. The van der Waals surface area contributed by atoms with E-state index >= 15 is 0 Å². The fourth-order valence-corrected chi connectivity index (χ4v) is 2.21. The standard InChI is InChI=1S/C18H29NO/c1-7-19(8-2)15-9-10-16(17(20)13-15)14(3)11-12-18(4,5)6/h9-11,13,20H,7-8,12H2,1-6H3/b14-11-. The predicted molar refractivity (Wildman–Crippen MR) is 89.4 cm³/mol. The van der Waals surface area contributed by atoms with Crippen LogP contribution in [0.3, 0.4) is 0 Å². The van der Waals surface area contributed by atoms with Crippen LogP contribution in [0, 0.1) is 5.41 Å². The fourth-order valence-electron chi connectivity index (χ4n) is 2.21. The Labute approximate surface area is 124 Å². The molecule has 0 fully saturated rings. The summed E-state index contributed by atoms with van der Waals surface area (Å²) >= 11 is 0. The molecule has 20 heavy (non-hydrogen) atoms. The van der Waals surface area contributed by atoms with Gasteiger partial charge in [-0.25, -0.2) is 0 Å². The molecule has 0 bridgehead atoms. The minimum atomic E-state index is 0.276. The highest BCUT2D eigenvalue weighted by atomic mass is 16.3. The number of anilines is 1. The van der Waals surface area contributed by atoms with Gasteiger partial charge in [0.1, 0.15) is 5.75 Å². The van der Waals surface area contributed by atoms with Crippen molar-refractivity contribution in [3.8, 4) is 5.75 Å². The second kappa shape index (κ2) is 6.83. The highest BCUT2D eigenvalue weighted by Gasteiger charge is 2.11. The SMILES string of the molecule is CCN(CC)c1ccc(/C(C)=C\CC(C)(C)C)c(O)c1. The Morgan fingerprint density at radius 1 is 1.20 bits per heavy atom. The summed E-state index contributed by atoms with van der Waals surface area (Å²) in [5.41, 5.74) is 3.44. The third-order valence-electron chi connectivity index (χ3n) is 3.56. The van der Waals surface area contributed by atoms with Gasteiger partial charge in [0, 0.05) is 30.4 Å². The molecule has 0 radical (unpaired) electrons. The number of allylic oxidation sites excluding steroid dienone is 2. The van der Waals surface area contributed by atoms with Crippen LogP contribution in [0.1, 0.15) is 53.5 Å². The van der Waals surface area contributed by atoms with E-state index in [0.29, 0.717) is 5.75 Å². The number of rotatable bonds is 5. The third-order valence-corrected chi connectivity index (χ3v) is 3.56. The number of phenolic OH excluding ortho intramolecular Hbond substituents is 1. The van der Waals surface area contributed by atoms with E-state index in [1.165, 1.54) is 0 Å². The van der Waals surface area contributed by atoms with Gasteiger partial charge in [-0.3, -0.25) is 0 Å². The van der Waals surface area contributed by atoms with E-state index in [1.54, 1.807) is 0 Å². The van der Waals surface area contributed by atoms with Crippen LogP contribution < -0.4 is 4.90 Å². The zero-order chi connectivity index (χ0) is 15.3. The molecule has 0 aliphatic heterocycles. The summed E-state index contributed by atoms with van der Waals surface area (Å²) in [4.78, 5) is 2.23. The van der Waals surface area contributed by atoms with Crippen molar-refractivity contribution in [2.45, 2.75) is 48.0 Å². The lowest BCUT2D eigenvalue weighted by molar-refractivity contribution is 0.420. The average Bonchev–Trinajstić information content (AvgIpc) is 2.37. The van der Waals surface area contributed by atoms with Crippen molar-refractivity contribution in [1.82, 2.24) is 0 Å². The van der Waals surface area contributed by atoms with Crippen molar-refractivity contribution in [2.75, 3.05) is 18.0 Å². The van der Waals surface area contributed by atoms with E-state index in [9.17, 15) is 5.11 Å². The van der Waals surface area contributed by atoms with E-state index in [2.05, 4.69) is 58.6 Å². The number of benzene rings is 1. The van der Waals surface area contributed by atoms with Crippen molar-refractivity contribution in [2.24, 2.45) is 5.41 Å². The first-order valence-electron chi connectivity index (χ1n) is 7.53. The van der Waals surface area contributed by atoms with Crippen LogP contribution >= 0.6 is 0 Å². The number of phenols is 1. The number of aromatic hydroxyl groups is 1. The Morgan fingerprint density at radius 3 is 2.25 bits per heavy atom. The number of nitrogens with zero attached hydrogens (tertiary/aromatic N) is 1. The van der Waals surface area contributed by atoms with Gasteiger partial charge in [-0.05, 0) is 50.3 Å². The van der Waals surface area contributed by atoms with Gasteiger partial charge in [-0.2, -0.15) is 0 Å². The highest BCUT2D eigenvalue weighted by molar-refractivity contribution is 5.71. The largest absolute Gasteiger partial charge is 0.507 e. The van der Waals surface area contributed by atoms with E-state index in [0.717, 1.165) is 36.3 Å². The minimum Gasteiger partial charge on any atom is -0.507 e. The van der Waals surface area contributed by atoms with Gasteiger partial charge >= 0.3 is 0 Å². The van der Waals surface area contributed by atoms with Gasteiger partial charge in [0.2, 0.25) is 0 Å². The topological polar surface area (TPSA) is 23.5 Å². The molecule has 0 atom stereocenters. The molecule has 0 heterocycles. The van der Waals surface area contributed by atoms with Gasteiger partial charge in [0.25, 0.3) is 0 Å². The maximum Gasteiger partial charge on any atom is 0.125 e. The van der Waals surface area contributed by atoms with Crippen LogP contribution in [0.15, 0.2) is 24.3 Å². The minimum absolute atomic E-state index is 0.276. The maximum absolute atomic E-state index is 10.3. The van der Waals surface area contributed by atoms with Gasteiger partial charge in [-0.15, -0.1) is 0 Å². The van der Waals surface area contributed by atoms with Crippen molar-refractivity contribution in [3.63, 3.8) is 0 Å². The number of hydrogen-bond donors (Lipinski definition) is 1. The van der Waals surface area contributed by atoms with E-state index in [-0.39, 0.29) is 5.41 Å². The molecular formula is C18H29NO. The maximum atomic E-state index is 10.3. The monoisotopic (exact) mass is 275 g/mol. The van der Waals surface area contributed by atoms with Crippen LogP contribution in [-0.2, 0) is 0 Å². The summed E-state index contributed by atoms with van der Waals surface area (Å²) < 4.78 is 0. The van der Waals surface area contributed by atoms with E-state index < -0.39 is 0 Å². The molecular weight excluding hydrogens is 246 g/mol. The molecule has 1 N–H and O–H groups in total. The molecule has 0 aromatic heterocycles. The van der Waals surface area contributed by atoms with Crippen molar-refractivity contribution >= 4 is 11.3 Å². The summed E-state index contributed by atoms with van der Waals surface area (Å²) in [5.74, 6) is 0.372. The van der Waals surface area contributed by atoms with Gasteiger partial charge in [0.05, 0.1) is 0 Å².